The van der Waals surface area contributed by atoms with Gasteiger partial charge in [-0.1, -0.05) is 6.42 Å². The van der Waals surface area contributed by atoms with E-state index in [1.54, 1.807) is 31.4 Å². The first-order valence-corrected chi connectivity index (χ1v) is 11.3. The van der Waals surface area contributed by atoms with Crippen LogP contribution in [0.1, 0.15) is 32.1 Å². The Morgan fingerprint density at radius 1 is 1.07 bits per heavy atom. The number of methoxy groups -OCH3 is 1. The maximum absolute atomic E-state index is 12.8. The second-order valence-electron chi connectivity index (χ2n) is 8.10. The molecule has 6 nitrogen and oxygen atoms in total. The SMILES string of the molecule is COc1ccc(S(=O)(=O)N2CCN(C(=O)C[C@H]3C[C@H]4CC[C@H]3C4)CC2)cc1. The van der Waals surface area contributed by atoms with Crippen LogP contribution < -0.4 is 4.74 Å². The summed E-state index contributed by atoms with van der Waals surface area (Å²) < 4.78 is 32.2. The van der Waals surface area contributed by atoms with Gasteiger partial charge in [0, 0.05) is 32.6 Å². The van der Waals surface area contributed by atoms with Crippen molar-refractivity contribution in [3.05, 3.63) is 24.3 Å². The average Bonchev–Trinajstić information content (AvgIpc) is 3.31. The first kappa shape index (κ1) is 18.7. The fourth-order valence-corrected chi connectivity index (χ4v) is 6.48. The molecule has 1 amide bonds. The molecule has 2 saturated carbocycles. The third-order valence-corrected chi connectivity index (χ3v) is 8.52. The number of benzene rings is 1. The number of hydrogen-bond acceptors (Lipinski definition) is 4. The number of amides is 1. The molecule has 1 aliphatic heterocycles. The lowest BCUT2D eigenvalue weighted by Gasteiger charge is -2.35. The predicted molar refractivity (Wildman–Crippen MR) is 102 cm³/mol. The summed E-state index contributed by atoms with van der Waals surface area (Å²) in [5.74, 6) is 2.98. The molecule has 0 unspecified atom stereocenters. The van der Waals surface area contributed by atoms with Crippen LogP contribution in [-0.2, 0) is 14.8 Å². The quantitative estimate of drug-likeness (QED) is 0.772. The molecule has 0 aromatic heterocycles. The first-order chi connectivity index (χ1) is 13.0. The number of piperazine rings is 1. The lowest BCUT2D eigenvalue weighted by atomic mass is 9.86. The van der Waals surface area contributed by atoms with Gasteiger partial charge in [-0.25, -0.2) is 8.42 Å². The highest BCUT2D eigenvalue weighted by Gasteiger charge is 2.41. The fraction of sp³-hybridized carbons (Fsp3) is 0.650. The third-order valence-electron chi connectivity index (χ3n) is 6.61. The summed E-state index contributed by atoms with van der Waals surface area (Å²) in [5, 5.41) is 0. The van der Waals surface area contributed by atoms with Crippen LogP contribution in [0.2, 0.25) is 0 Å². The number of nitrogens with zero attached hydrogens (tertiary/aromatic N) is 2. The molecule has 7 heteroatoms. The molecule has 1 aromatic carbocycles. The molecule has 2 aliphatic carbocycles. The second-order valence-corrected chi connectivity index (χ2v) is 10.0. The van der Waals surface area contributed by atoms with Crippen molar-refractivity contribution in [2.45, 2.75) is 37.0 Å². The van der Waals surface area contributed by atoms with Crippen LogP contribution in [-0.4, -0.2) is 56.8 Å². The Balaban J connectivity index is 1.33. The third kappa shape index (κ3) is 3.72. The van der Waals surface area contributed by atoms with Crippen LogP contribution in [0, 0.1) is 17.8 Å². The molecule has 4 rings (SSSR count). The van der Waals surface area contributed by atoms with E-state index in [-0.39, 0.29) is 10.8 Å². The van der Waals surface area contributed by atoms with E-state index >= 15 is 0 Å². The van der Waals surface area contributed by atoms with Gasteiger partial charge in [0.2, 0.25) is 15.9 Å². The number of carbonyl (C=O) groups excluding carboxylic acids is 1. The van der Waals surface area contributed by atoms with Crippen molar-refractivity contribution >= 4 is 15.9 Å². The van der Waals surface area contributed by atoms with Gasteiger partial charge in [0.25, 0.3) is 0 Å². The smallest absolute Gasteiger partial charge is 0.243 e. The van der Waals surface area contributed by atoms with E-state index in [2.05, 4.69) is 0 Å². The van der Waals surface area contributed by atoms with Crippen molar-refractivity contribution in [3.63, 3.8) is 0 Å². The highest BCUT2D eigenvalue weighted by molar-refractivity contribution is 7.89. The zero-order valence-electron chi connectivity index (χ0n) is 15.8. The van der Waals surface area contributed by atoms with Gasteiger partial charge in [-0.05, 0) is 61.3 Å². The molecule has 148 valence electrons. The highest BCUT2D eigenvalue weighted by Crippen LogP contribution is 2.49. The molecule has 1 heterocycles. The van der Waals surface area contributed by atoms with Crippen LogP contribution in [0.15, 0.2) is 29.2 Å². The van der Waals surface area contributed by atoms with Crippen molar-refractivity contribution in [3.8, 4) is 5.75 Å². The molecule has 2 bridgehead atoms. The molecule has 3 aliphatic rings. The lowest BCUT2D eigenvalue weighted by molar-refractivity contribution is -0.133. The van der Waals surface area contributed by atoms with Gasteiger partial charge in [0.15, 0.2) is 0 Å². The largest absolute Gasteiger partial charge is 0.497 e. The molecule has 1 saturated heterocycles. The first-order valence-electron chi connectivity index (χ1n) is 9.89. The summed E-state index contributed by atoms with van der Waals surface area (Å²) >= 11 is 0. The minimum atomic E-state index is -3.53. The van der Waals surface area contributed by atoms with E-state index in [1.807, 2.05) is 4.90 Å². The minimum absolute atomic E-state index is 0.203. The Morgan fingerprint density at radius 3 is 2.33 bits per heavy atom. The maximum Gasteiger partial charge on any atom is 0.243 e. The van der Waals surface area contributed by atoms with E-state index in [1.165, 1.54) is 30.0 Å². The molecule has 3 atom stereocenters. The van der Waals surface area contributed by atoms with Crippen LogP contribution in [0.25, 0.3) is 0 Å². The Hall–Kier alpha value is -1.60. The molecule has 0 N–H and O–H groups in total. The standard InChI is InChI=1S/C20H28N2O4S/c1-26-18-4-6-19(7-5-18)27(24,25)22-10-8-21(9-11-22)20(23)14-17-13-15-2-3-16(17)12-15/h4-7,15-17H,2-3,8-14H2,1H3/t15-,16-,17+/m0/s1. The van der Waals surface area contributed by atoms with Gasteiger partial charge in [0.05, 0.1) is 12.0 Å². The van der Waals surface area contributed by atoms with E-state index in [0.717, 1.165) is 11.8 Å². The van der Waals surface area contributed by atoms with Crippen molar-refractivity contribution in [1.82, 2.24) is 9.21 Å². The van der Waals surface area contributed by atoms with Crippen molar-refractivity contribution in [2.75, 3.05) is 33.3 Å². The van der Waals surface area contributed by atoms with Crippen molar-refractivity contribution in [1.29, 1.82) is 0 Å². The minimum Gasteiger partial charge on any atom is -0.497 e. The molecule has 3 fully saturated rings. The van der Waals surface area contributed by atoms with E-state index < -0.39 is 10.0 Å². The summed E-state index contributed by atoms with van der Waals surface area (Å²) in [6.45, 7) is 1.68. The predicted octanol–water partition coefficient (Wildman–Crippen LogP) is 2.35. The number of sulfonamides is 1. The van der Waals surface area contributed by atoms with Gasteiger partial charge < -0.3 is 9.64 Å². The summed E-state index contributed by atoms with van der Waals surface area (Å²) in [4.78, 5) is 14.8. The van der Waals surface area contributed by atoms with Gasteiger partial charge in [-0.15, -0.1) is 0 Å². The van der Waals surface area contributed by atoms with Gasteiger partial charge in [-0.2, -0.15) is 4.31 Å². The van der Waals surface area contributed by atoms with Crippen LogP contribution in [0.3, 0.4) is 0 Å². The number of rotatable bonds is 5. The maximum atomic E-state index is 12.8. The molecule has 0 spiro atoms. The molecule has 0 radical (unpaired) electrons. The van der Waals surface area contributed by atoms with Crippen molar-refractivity contribution in [2.24, 2.45) is 17.8 Å². The van der Waals surface area contributed by atoms with E-state index in [0.29, 0.717) is 44.3 Å². The Bertz CT molecular complexity index is 785. The fourth-order valence-electron chi connectivity index (χ4n) is 5.05. The monoisotopic (exact) mass is 392 g/mol. The van der Waals surface area contributed by atoms with Crippen LogP contribution in [0.5, 0.6) is 5.75 Å². The van der Waals surface area contributed by atoms with Crippen LogP contribution in [0.4, 0.5) is 0 Å². The van der Waals surface area contributed by atoms with E-state index in [4.69, 9.17) is 4.74 Å². The summed E-state index contributed by atoms with van der Waals surface area (Å²) in [5.41, 5.74) is 0. The molecular weight excluding hydrogens is 364 g/mol. The number of hydrogen-bond donors (Lipinski definition) is 0. The van der Waals surface area contributed by atoms with E-state index in [9.17, 15) is 13.2 Å². The highest BCUT2D eigenvalue weighted by atomic mass is 32.2. The topological polar surface area (TPSA) is 66.9 Å². The van der Waals surface area contributed by atoms with Gasteiger partial charge in [0.1, 0.15) is 5.75 Å². The molecule has 27 heavy (non-hydrogen) atoms. The lowest BCUT2D eigenvalue weighted by Crippen LogP contribution is -2.50. The number of carbonyl (C=O) groups is 1. The normalized spacial score (nSPS) is 28.5. The zero-order chi connectivity index (χ0) is 19.0. The second kappa shape index (κ2) is 7.43. The Morgan fingerprint density at radius 2 is 1.78 bits per heavy atom. The number of fused-ring (bicyclic) bond motifs is 2. The average molecular weight is 393 g/mol. The van der Waals surface area contributed by atoms with Gasteiger partial charge >= 0.3 is 0 Å². The van der Waals surface area contributed by atoms with Crippen LogP contribution >= 0.6 is 0 Å². The Labute approximate surface area is 161 Å². The Kier molecular flexibility index (Phi) is 5.16. The summed E-state index contributed by atoms with van der Waals surface area (Å²) in [6, 6.07) is 6.45. The zero-order valence-corrected chi connectivity index (χ0v) is 16.7. The summed E-state index contributed by atoms with van der Waals surface area (Å²) in [6.07, 6.45) is 5.80. The van der Waals surface area contributed by atoms with Gasteiger partial charge in [-0.3, -0.25) is 4.79 Å². The van der Waals surface area contributed by atoms with Crippen molar-refractivity contribution < 1.29 is 17.9 Å². The molecule has 1 aromatic rings. The number of ether oxygens (including phenoxy) is 1. The summed E-state index contributed by atoms with van der Waals surface area (Å²) in [7, 11) is -1.97. The molecular formula is C20H28N2O4S.